The van der Waals surface area contributed by atoms with Crippen LogP contribution in [-0.4, -0.2) is 30.4 Å². The van der Waals surface area contributed by atoms with Gasteiger partial charge in [-0.2, -0.15) is 0 Å². The normalized spacial score (nSPS) is 20.1. The van der Waals surface area contributed by atoms with Crippen molar-refractivity contribution in [1.82, 2.24) is 10.6 Å². The Morgan fingerprint density at radius 3 is 2.72 bits per heavy atom. The molecule has 2 N–H and O–H groups in total. The topological polar surface area (TPSA) is 24.1 Å². The summed E-state index contributed by atoms with van der Waals surface area (Å²) in [5.74, 6) is 0. The minimum Gasteiger partial charge on any atom is -0.313 e. The summed E-state index contributed by atoms with van der Waals surface area (Å²) in [6.45, 7) is 8.77. The Kier molecular flexibility index (Phi) is 5.10. The molecule has 0 aliphatic carbocycles. The SMILES string of the molecule is CC(C)NCC(C)NCC1Cc2ccccc2S1. The van der Waals surface area contributed by atoms with Gasteiger partial charge in [0, 0.05) is 35.3 Å². The standard InChI is InChI=1S/C15H24N2S/c1-11(2)16-9-12(3)17-10-14-8-13-6-4-5-7-15(13)18-14/h4-7,11-12,14,16-17H,8-10H2,1-3H3. The van der Waals surface area contributed by atoms with Gasteiger partial charge in [-0.25, -0.2) is 0 Å². The quantitative estimate of drug-likeness (QED) is 0.826. The Balaban J connectivity index is 1.70. The number of benzene rings is 1. The molecule has 3 heteroatoms. The van der Waals surface area contributed by atoms with Crippen LogP contribution in [0, 0.1) is 0 Å². The Morgan fingerprint density at radius 1 is 1.22 bits per heavy atom. The van der Waals surface area contributed by atoms with Crippen molar-refractivity contribution in [2.24, 2.45) is 0 Å². The van der Waals surface area contributed by atoms with Crippen molar-refractivity contribution in [2.75, 3.05) is 13.1 Å². The van der Waals surface area contributed by atoms with E-state index in [9.17, 15) is 0 Å². The van der Waals surface area contributed by atoms with Gasteiger partial charge in [0.1, 0.15) is 0 Å². The highest BCUT2D eigenvalue weighted by atomic mass is 32.2. The first-order valence-electron chi connectivity index (χ1n) is 6.86. The van der Waals surface area contributed by atoms with E-state index < -0.39 is 0 Å². The molecule has 0 saturated carbocycles. The maximum Gasteiger partial charge on any atom is 0.0260 e. The van der Waals surface area contributed by atoms with Gasteiger partial charge in [0.2, 0.25) is 0 Å². The molecule has 2 nitrogen and oxygen atoms in total. The molecule has 2 atom stereocenters. The third-order valence-electron chi connectivity index (χ3n) is 3.24. The lowest BCUT2D eigenvalue weighted by molar-refractivity contribution is 0.474. The number of rotatable bonds is 6. The fraction of sp³-hybridized carbons (Fsp3) is 0.600. The van der Waals surface area contributed by atoms with Crippen LogP contribution in [0.3, 0.4) is 0 Å². The molecule has 1 aliphatic rings. The van der Waals surface area contributed by atoms with Gasteiger partial charge in [0.05, 0.1) is 0 Å². The van der Waals surface area contributed by atoms with E-state index in [1.165, 1.54) is 16.9 Å². The molecule has 18 heavy (non-hydrogen) atoms. The minimum absolute atomic E-state index is 0.539. The van der Waals surface area contributed by atoms with Crippen LogP contribution in [0.4, 0.5) is 0 Å². The van der Waals surface area contributed by atoms with Crippen LogP contribution >= 0.6 is 11.8 Å². The van der Waals surface area contributed by atoms with Crippen molar-refractivity contribution in [2.45, 2.75) is 49.4 Å². The zero-order valence-corrected chi connectivity index (χ0v) is 12.4. The average Bonchev–Trinajstić information content (AvgIpc) is 2.76. The lowest BCUT2D eigenvalue weighted by Gasteiger charge is -2.18. The molecule has 0 amide bonds. The van der Waals surface area contributed by atoms with E-state index >= 15 is 0 Å². The van der Waals surface area contributed by atoms with E-state index in [1.807, 2.05) is 11.8 Å². The second-order valence-electron chi connectivity index (χ2n) is 5.42. The Morgan fingerprint density at radius 2 is 2.00 bits per heavy atom. The number of hydrogen-bond donors (Lipinski definition) is 2. The fourth-order valence-corrected chi connectivity index (χ4v) is 3.45. The third-order valence-corrected chi connectivity index (χ3v) is 4.56. The van der Waals surface area contributed by atoms with Crippen molar-refractivity contribution in [3.63, 3.8) is 0 Å². The summed E-state index contributed by atoms with van der Waals surface area (Å²) in [4.78, 5) is 1.47. The van der Waals surface area contributed by atoms with Crippen LogP contribution in [0.1, 0.15) is 26.3 Å². The summed E-state index contributed by atoms with van der Waals surface area (Å²) >= 11 is 2.02. The zero-order chi connectivity index (χ0) is 13.0. The molecule has 2 unspecified atom stereocenters. The largest absolute Gasteiger partial charge is 0.313 e. The Hall–Kier alpha value is -0.510. The summed E-state index contributed by atoms with van der Waals surface area (Å²) < 4.78 is 0. The molecule has 1 aliphatic heterocycles. The zero-order valence-electron chi connectivity index (χ0n) is 11.6. The van der Waals surface area contributed by atoms with Crippen LogP contribution in [0.5, 0.6) is 0 Å². The molecule has 1 aromatic carbocycles. The van der Waals surface area contributed by atoms with E-state index in [4.69, 9.17) is 0 Å². The van der Waals surface area contributed by atoms with Crippen molar-refractivity contribution in [3.05, 3.63) is 29.8 Å². The number of thioether (sulfide) groups is 1. The first kappa shape index (κ1) is 13.9. The fourth-order valence-electron chi connectivity index (χ4n) is 2.19. The predicted octanol–water partition coefficient (Wildman–Crippen LogP) is 2.68. The smallest absolute Gasteiger partial charge is 0.0260 e. The third kappa shape index (κ3) is 4.01. The first-order chi connectivity index (χ1) is 8.65. The molecule has 2 rings (SSSR count). The molecule has 100 valence electrons. The summed E-state index contributed by atoms with van der Waals surface area (Å²) in [7, 11) is 0. The molecule has 0 radical (unpaired) electrons. The van der Waals surface area contributed by atoms with E-state index in [0.717, 1.165) is 13.1 Å². The summed E-state index contributed by atoms with van der Waals surface area (Å²) in [5, 5.41) is 7.80. The summed E-state index contributed by atoms with van der Waals surface area (Å²) in [5.41, 5.74) is 1.52. The summed E-state index contributed by atoms with van der Waals surface area (Å²) in [6.07, 6.45) is 1.21. The molecule has 1 aromatic rings. The monoisotopic (exact) mass is 264 g/mol. The number of hydrogen-bond acceptors (Lipinski definition) is 3. The van der Waals surface area contributed by atoms with Gasteiger partial charge < -0.3 is 10.6 Å². The second-order valence-corrected chi connectivity index (χ2v) is 6.77. The molecular formula is C15H24N2S. The van der Waals surface area contributed by atoms with E-state index in [-0.39, 0.29) is 0 Å². The van der Waals surface area contributed by atoms with E-state index in [1.54, 1.807) is 0 Å². The van der Waals surface area contributed by atoms with E-state index in [2.05, 4.69) is 55.7 Å². The average molecular weight is 264 g/mol. The van der Waals surface area contributed by atoms with Gasteiger partial charge in [-0.1, -0.05) is 32.0 Å². The Labute approximate surface area is 115 Å². The maximum absolute atomic E-state index is 3.63. The van der Waals surface area contributed by atoms with Crippen molar-refractivity contribution in [1.29, 1.82) is 0 Å². The highest BCUT2D eigenvalue weighted by molar-refractivity contribution is 8.00. The second kappa shape index (κ2) is 6.60. The van der Waals surface area contributed by atoms with Gasteiger partial charge in [-0.15, -0.1) is 11.8 Å². The van der Waals surface area contributed by atoms with Crippen molar-refractivity contribution in [3.8, 4) is 0 Å². The highest BCUT2D eigenvalue weighted by Gasteiger charge is 2.21. The lowest BCUT2D eigenvalue weighted by Crippen LogP contribution is -2.41. The lowest BCUT2D eigenvalue weighted by atomic mass is 10.1. The molecule has 0 spiro atoms. The maximum atomic E-state index is 3.63. The van der Waals surface area contributed by atoms with Gasteiger partial charge >= 0.3 is 0 Å². The highest BCUT2D eigenvalue weighted by Crippen LogP contribution is 2.36. The number of fused-ring (bicyclic) bond motifs is 1. The molecule has 0 fully saturated rings. The van der Waals surface area contributed by atoms with E-state index in [0.29, 0.717) is 17.3 Å². The molecule has 0 aromatic heterocycles. The molecular weight excluding hydrogens is 240 g/mol. The van der Waals surface area contributed by atoms with Crippen molar-refractivity contribution < 1.29 is 0 Å². The van der Waals surface area contributed by atoms with Crippen LogP contribution in [0.2, 0.25) is 0 Å². The molecule has 0 saturated heterocycles. The van der Waals surface area contributed by atoms with Gasteiger partial charge in [-0.05, 0) is 25.0 Å². The molecule has 1 heterocycles. The predicted molar refractivity (Wildman–Crippen MR) is 80.4 cm³/mol. The first-order valence-corrected chi connectivity index (χ1v) is 7.74. The summed E-state index contributed by atoms with van der Waals surface area (Å²) in [6, 6.07) is 9.88. The minimum atomic E-state index is 0.539. The molecule has 0 bridgehead atoms. The van der Waals surface area contributed by atoms with Crippen LogP contribution in [-0.2, 0) is 6.42 Å². The number of nitrogens with one attached hydrogen (secondary N) is 2. The Bertz CT molecular complexity index is 354. The van der Waals surface area contributed by atoms with Crippen LogP contribution in [0.25, 0.3) is 0 Å². The van der Waals surface area contributed by atoms with Gasteiger partial charge in [0.15, 0.2) is 0 Å². The van der Waals surface area contributed by atoms with Crippen LogP contribution in [0.15, 0.2) is 29.2 Å². The van der Waals surface area contributed by atoms with Gasteiger partial charge in [0.25, 0.3) is 0 Å². The van der Waals surface area contributed by atoms with Crippen molar-refractivity contribution >= 4 is 11.8 Å². The van der Waals surface area contributed by atoms with Gasteiger partial charge in [-0.3, -0.25) is 0 Å². The van der Waals surface area contributed by atoms with Crippen LogP contribution < -0.4 is 10.6 Å².